The van der Waals surface area contributed by atoms with Crippen molar-refractivity contribution in [2.24, 2.45) is 5.92 Å². The maximum absolute atomic E-state index is 11.4. The third kappa shape index (κ3) is 3.98. The highest BCUT2D eigenvalue weighted by atomic mass is 16.5. The van der Waals surface area contributed by atoms with Crippen LogP contribution in [0.1, 0.15) is 46.5 Å². The normalized spacial score (nSPS) is 32.2. The van der Waals surface area contributed by atoms with Crippen LogP contribution < -0.4 is 0 Å². The number of ether oxygens (including phenoxy) is 2. The fourth-order valence-corrected chi connectivity index (χ4v) is 2.99. The van der Waals surface area contributed by atoms with E-state index in [1.807, 2.05) is 6.92 Å². The highest BCUT2D eigenvalue weighted by Gasteiger charge is 2.36. The van der Waals surface area contributed by atoms with Crippen molar-refractivity contribution < 1.29 is 14.3 Å². The van der Waals surface area contributed by atoms with E-state index in [-0.39, 0.29) is 24.1 Å². The molecule has 0 aromatic carbocycles. The zero-order valence-electron chi connectivity index (χ0n) is 13.1. The van der Waals surface area contributed by atoms with E-state index in [1.54, 1.807) is 0 Å². The zero-order chi connectivity index (χ0) is 15.4. The summed E-state index contributed by atoms with van der Waals surface area (Å²) in [5.74, 6) is 5.84. The minimum Gasteiger partial charge on any atom is -0.449 e. The molecule has 0 unspecified atom stereocenters. The number of hydrogen-bond donors (Lipinski definition) is 0. The van der Waals surface area contributed by atoms with Crippen molar-refractivity contribution in [3.8, 4) is 11.8 Å². The van der Waals surface area contributed by atoms with Crippen LogP contribution in [-0.4, -0.2) is 24.3 Å². The van der Waals surface area contributed by atoms with Gasteiger partial charge < -0.3 is 9.47 Å². The van der Waals surface area contributed by atoms with Gasteiger partial charge in [-0.25, -0.2) is 0 Å². The molecular weight excluding hydrogens is 264 g/mol. The maximum atomic E-state index is 11.4. The third-order valence-electron chi connectivity index (χ3n) is 4.06. The summed E-state index contributed by atoms with van der Waals surface area (Å²) in [6.45, 7) is 9.53. The Hall–Kier alpha value is -1.53. The molecule has 3 heteroatoms. The van der Waals surface area contributed by atoms with Gasteiger partial charge in [-0.3, -0.25) is 4.79 Å². The summed E-state index contributed by atoms with van der Waals surface area (Å²) < 4.78 is 11.6. The smallest absolute Gasteiger partial charge is 0.303 e. The Morgan fingerprint density at radius 1 is 1.43 bits per heavy atom. The lowest BCUT2D eigenvalue weighted by atomic mass is 9.89. The number of fused-ring (bicyclic) bond motifs is 2. The Bertz CT molecular complexity index is 506. The van der Waals surface area contributed by atoms with Crippen molar-refractivity contribution in [1.29, 1.82) is 0 Å². The van der Waals surface area contributed by atoms with Gasteiger partial charge in [-0.05, 0) is 38.7 Å². The Labute approximate surface area is 127 Å². The molecule has 0 saturated carbocycles. The van der Waals surface area contributed by atoms with E-state index in [4.69, 9.17) is 9.47 Å². The fourth-order valence-electron chi connectivity index (χ4n) is 2.99. The molecule has 0 radical (unpaired) electrons. The lowest BCUT2D eigenvalue weighted by molar-refractivity contribution is -0.147. The van der Waals surface area contributed by atoms with Gasteiger partial charge in [0.05, 0.1) is 18.1 Å². The van der Waals surface area contributed by atoms with Crippen molar-refractivity contribution in [3.05, 3.63) is 23.8 Å². The van der Waals surface area contributed by atoms with Crippen LogP contribution in [0.3, 0.4) is 0 Å². The summed E-state index contributed by atoms with van der Waals surface area (Å²) in [6, 6.07) is 0. The molecular formula is C18H24O3. The second-order valence-corrected chi connectivity index (χ2v) is 5.97. The first kappa shape index (κ1) is 15.9. The lowest BCUT2D eigenvalue weighted by Gasteiger charge is -2.28. The van der Waals surface area contributed by atoms with Gasteiger partial charge >= 0.3 is 5.97 Å². The predicted octanol–water partition coefficient (Wildman–Crippen LogP) is 3.40. The Morgan fingerprint density at radius 2 is 2.19 bits per heavy atom. The summed E-state index contributed by atoms with van der Waals surface area (Å²) in [5, 5.41) is 0. The van der Waals surface area contributed by atoms with E-state index >= 15 is 0 Å². The predicted molar refractivity (Wildman–Crippen MR) is 82.5 cm³/mol. The minimum atomic E-state index is -0.481. The van der Waals surface area contributed by atoms with Gasteiger partial charge in [-0.15, -0.1) is 0 Å². The molecule has 2 rings (SSSR count). The van der Waals surface area contributed by atoms with Crippen LogP contribution in [0, 0.1) is 17.8 Å². The minimum absolute atomic E-state index is 0.107. The van der Waals surface area contributed by atoms with Crippen molar-refractivity contribution >= 4 is 5.97 Å². The van der Waals surface area contributed by atoms with E-state index in [0.717, 1.165) is 31.3 Å². The van der Waals surface area contributed by atoms with Crippen molar-refractivity contribution in [2.45, 2.75) is 64.8 Å². The molecule has 0 saturated heterocycles. The van der Waals surface area contributed by atoms with Crippen LogP contribution in [-0.2, 0) is 14.3 Å². The SMILES string of the molecule is C=C(C)[C@@H]1[C@@H](OC(C)=O)C#CCCCC[C@H]2O[C@@H]1C=C2C. The Balaban J connectivity index is 2.32. The number of carbonyl (C=O) groups excluding carboxylic acids is 1. The topological polar surface area (TPSA) is 35.5 Å². The molecule has 114 valence electrons. The molecule has 2 bridgehead atoms. The average molecular weight is 288 g/mol. The van der Waals surface area contributed by atoms with Crippen molar-refractivity contribution in [2.75, 3.05) is 0 Å². The van der Waals surface area contributed by atoms with E-state index in [2.05, 4.69) is 31.4 Å². The summed E-state index contributed by atoms with van der Waals surface area (Å²) in [6.07, 6.45) is 5.75. The zero-order valence-corrected chi connectivity index (χ0v) is 13.1. The first-order valence-electron chi connectivity index (χ1n) is 7.64. The molecule has 3 nitrogen and oxygen atoms in total. The molecule has 0 aromatic heterocycles. The number of carbonyl (C=O) groups is 1. The molecule has 2 heterocycles. The highest BCUT2D eigenvalue weighted by Crippen LogP contribution is 2.33. The summed E-state index contributed by atoms with van der Waals surface area (Å²) in [5.41, 5.74) is 2.20. The van der Waals surface area contributed by atoms with Gasteiger partial charge in [-0.1, -0.05) is 30.1 Å². The summed E-state index contributed by atoms with van der Waals surface area (Å²) in [4.78, 5) is 11.4. The Kier molecular flexibility index (Phi) is 5.25. The van der Waals surface area contributed by atoms with E-state index in [0.29, 0.717) is 0 Å². The van der Waals surface area contributed by atoms with Crippen LogP contribution in [0.4, 0.5) is 0 Å². The molecule has 0 fully saturated rings. The third-order valence-corrected chi connectivity index (χ3v) is 4.06. The van der Waals surface area contributed by atoms with Gasteiger partial charge in [0.1, 0.15) is 0 Å². The summed E-state index contributed by atoms with van der Waals surface area (Å²) in [7, 11) is 0. The fraction of sp³-hybridized carbons (Fsp3) is 0.611. The molecule has 21 heavy (non-hydrogen) atoms. The van der Waals surface area contributed by atoms with Gasteiger partial charge in [0.25, 0.3) is 0 Å². The second kappa shape index (κ2) is 6.95. The average Bonchev–Trinajstić information content (AvgIpc) is 2.70. The molecule has 2 aliphatic rings. The molecule has 0 amide bonds. The van der Waals surface area contributed by atoms with E-state index in [1.165, 1.54) is 12.5 Å². The number of rotatable bonds is 2. The van der Waals surface area contributed by atoms with Gasteiger partial charge in [0, 0.05) is 13.3 Å². The Morgan fingerprint density at radius 3 is 2.86 bits per heavy atom. The molecule has 4 atom stereocenters. The second-order valence-electron chi connectivity index (χ2n) is 5.97. The van der Waals surface area contributed by atoms with Gasteiger partial charge in [-0.2, -0.15) is 0 Å². The largest absolute Gasteiger partial charge is 0.449 e. The molecule has 0 aliphatic carbocycles. The monoisotopic (exact) mass is 288 g/mol. The van der Waals surface area contributed by atoms with Crippen LogP contribution >= 0.6 is 0 Å². The number of hydrogen-bond acceptors (Lipinski definition) is 3. The lowest BCUT2D eigenvalue weighted by Crippen LogP contribution is -2.35. The van der Waals surface area contributed by atoms with Gasteiger partial charge in [0.2, 0.25) is 0 Å². The van der Waals surface area contributed by atoms with E-state index < -0.39 is 6.10 Å². The quantitative estimate of drug-likeness (QED) is 0.444. The first-order chi connectivity index (χ1) is 9.99. The highest BCUT2D eigenvalue weighted by molar-refractivity contribution is 5.66. The van der Waals surface area contributed by atoms with Gasteiger partial charge in [0.15, 0.2) is 6.10 Å². The first-order valence-corrected chi connectivity index (χ1v) is 7.64. The van der Waals surface area contributed by atoms with Crippen LogP contribution in [0.2, 0.25) is 0 Å². The molecule has 0 spiro atoms. The van der Waals surface area contributed by atoms with Crippen LogP contribution in [0.15, 0.2) is 23.8 Å². The van der Waals surface area contributed by atoms with Crippen LogP contribution in [0.25, 0.3) is 0 Å². The number of esters is 1. The van der Waals surface area contributed by atoms with E-state index in [9.17, 15) is 4.79 Å². The molecule has 0 N–H and O–H groups in total. The molecule has 2 aliphatic heterocycles. The standard InChI is InChI=1S/C18H24O3/c1-12(2)18-16(20-14(4)19)10-8-6-5-7-9-15-13(3)11-17(18)21-15/h11,15-18H,1,5-7,9H2,2-4H3/t15-,16+,17-,18-/m1/s1. The van der Waals surface area contributed by atoms with Crippen molar-refractivity contribution in [3.63, 3.8) is 0 Å². The maximum Gasteiger partial charge on any atom is 0.303 e. The molecule has 0 aromatic rings. The summed E-state index contributed by atoms with van der Waals surface area (Å²) >= 11 is 0. The van der Waals surface area contributed by atoms with Crippen LogP contribution in [0.5, 0.6) is 0 Å². The van der Waals surface area contributed by atoms with Crippen molar-refractivity contribution in [1.82, 2.24) is 0 Å².